The number of nitrogens with one attached hydrogen (secondary N) is 2. The fraction of sp³-hybridized carbons (Fsp3) is 0.118. The molecule has 0 aliphatic carbocycles. The van der Waals surface area contributed by atoms with E-state index in [1.54, 1.807) is 18.2 Å². The summed E-state index contributed by atoms with van der Waals surface area (Å²) in [6.07, 6.45) is -4.77. The smallest absolute Gasteiger partial charge is 0.406 e. The van der Waals surface area contributed by atoms with Crippen LogP contribution < -0.4 is 15.4 Å². The third kappa shape index (κ3) is 6.61. The molecule has 6 nitrogen and oxygen atoms in total. The lowest BCUT2D eigenvalue weighted by molar-refractivity contribution is -0.274. The lowest BCUT2D eigenvalue weighted by Gasteiger charge is -2.09. The number of hydrogen-bond acceptors (Lipinski definition) is 7. The average molecular weight is 444 g/mol. The van der Waals surface area contributed by atoms with E-state index in [2.05, 4.69) is 25.6 Å². The second kappa shape index (κ2) is 9.09. The van der Waals surface area contributed by atoms with E-state index >= 15 is 0 Å². The van der Waals surface area contributed by atoms with Crippen LogP contribution in [0, 0.1) is 5.82 Å². The number of carbonyl (C=O) groups is 1. The molecule has 0 aliphatic heterocycles. The zero-order valence-electron chi connectivity index (χ0n) is 14.4. The number of ether oxygens (including phenoxy) is 1. The first-order chi connectivity index (χ1) is 13.8. The molecule has 2 aromatic carbocycles. The molecule has 0 aliphatic rings. The summed E-state index contributed by atoms with van der Waals surface area (Å²) in [4.78, 5) is 12.0. The second-order valence-corrected chi connectivity index (χ2v) is 7.59. The van der Waals surface area contributed by atoms with E-state index in [0.717, 1.165) is 35.2 Å². The second-order valence-electron chi connectivity index (χ2n) is 5.39. The number of halogens is 4. The highest BCUT2D eigenvalue weighted by atomic mass is 32.2. The van der Waals surface area contributed by atoms with Gasteiger partial charge in [0, 0.05) is 5.69 Å². The number of anilines is 3. The van der Waals surface area contributed by atoms with Crippen molar-refractivity contribution in [1.29, 1.82) is 0 Å². The Bertz CT molecular complexity index is 980. The van der Waals surface area contributed by atoms with Gasteiger partial charge in [-0.1, -0.05) is 35.2 Å². The number of carbonyl (C=O) groups excluding carboxylic acids is 1. The maximum absolute atomic E-state index is 13.6. The Morgan fingerprint density at radius 3 is 2.52 bits per heavy atom. The Morgan fingerprint density at radius 2 is 1.83 bits per heavy atom. The highest BCUT2D eigenvalue weighted by Gasteiger charge is 2.30. The normalized spacial score (nSPS) is 11.2. The van der Waals surface area contributed by atoms with Gasteiger partial charge in [0.05, 0.1) is 11.4 Å². The van der Waals surface area contributed by atoms with Gasteiger partial charge in [0.15, 0.2) is 4.34 Å². The number of thioether (sulfide) groups is 1. The monoisotopic (exact) mass is 444 g/mol. The van der Waals surface area contributed by atoms with Crippen LogP contribution in [0.3, 0.4) is 0 Å². The van der Waals surface area contributed by atoms with Gasteiger partial charge in [0.1, 0.15) is 11.6 Å². The summed E-state index contributed by atoms with van der Waals surface area (Å²) in [7, 11) is 0. The first-order valence-corrected chi connectivity index (χ1v) is 9.72. The van der Waals surface area contributed by atoms with Crippen LogP contribution in [0.2, 0.25) is 0 Å². The molecule has 0 spiro atoms. The van der Waals surface area contributed by atoms with Crippen LogP contribution in [0.25, 0.3) is 0 Å². The van der Waals surface area contributed by atoms with Crippen molar-refractivity contribution in [2.75, 3.05) is 16.4 Å². The topological polar surface area (TPSA) is 76.1 Å². The fourth-order valence-electron chi connectivity index (χ4n) is 2.06. The van der Waals surface area contributed by atoms with Crippen molar-refractivity contribution in [2.24, 2.45) is 0 Å². The summed E-state index contributed by atoms with van der Waals surface area (Å²) in [6, 6.07) is 10.9. The maximum atomic E-state index is 13.6. The molecule has 3 rings (SSSR count). The van der Waals surface area contributed by atoms with Crippen LogP contribution in [0.5, 0.6) is 5.75 Å². The molecule has 0 radical (unpaired) electrons. The van der Waals surface area contributed by atoms with E-state index < -0.39 is 12.2 Å². The van der Waals surface area contributed by atoms with Crippen LogP contribution in [-0.2, 0) is 4.79 Å². The molecule has 3 aromatic rings. The molecule has 0 atom stereocenters. The molecule has 1 amide bonds. The zero-order chi connectivity index (χ0) is 20.9. The quantitative estimate of drug-likeness (QED) is 0.392. The van der Waals surface area contributed by atoms with E-state index in [4.69, 9.17) is 0 Å². The summed E-state index contributed by atoms with van der Waals surface area (Å²) < 4.78 is 54.3. The third-order valence-corrected chi connectivity index (χ3v) is 5.19. The summed E-state index contributed by atoms with van der Waals surface area (Å²) in [5.41, 5.74) is 0.584. The van der Waals surface area contributed by atoms with Crippen molar-refractivity contribution in [2.45, 2.75) is 10.7 Å². The Labute approximate surface area is 170 Å². The first-order valence-electron chi connectivity index (χ1n) is 7.92. The largest absolute Gasteiger partial charge is 0.573 e. The third-order valence-electron chi connectivity index (χ3n) is 3.22. The van der Waals surface area contributed by atoms with Gasteiger partial charge in [-0.15, -0.1) is 23.4 Å². The molecule has 1 aromatic heterocycles. The van der Waals surface area contributed by atoms with Crippen molar-refractivity contribution >= 4 is 45.5 Å². The van der Waals surface area contributed by atoms with Gasteiger partial charge in [-0.2, -0.15) is 0 Å². The lowest BCUT2D eigenvalue weighted by Crippen LogP contribution is -2.17. The van der Waals surface area contributed by atoms with E-state index in [0.29, 0.717) is 15.2 Å². The molecule has 0 saturated heterocycles. The maximum Gasteiger partial charge on any atom is 0.573 e. The van der Waals surface area contributed by atoms with Gasteiger partial charge in [0.25, 0.3) is 0 Å². The van der Waals surface area contributed by atoms with Crippen molar-refractivity contribution in [1.82, 2.24) is 10.2 Å². The highest BCUT2D eigenvalue weighted by Crippen LogP contribution is 2.29. The van der Waals surface area contributed by atoms with Crippen molar-refractivity contribution < 1.29 is 27.1 Å². The molecule has 2 N–H and O–H groups in total. The molecule has 12 heteroatoms. The van der Waals surface area contributed by atoms with E-state index in [9.17, 15) is 22.4 Å². The molecule has 152 valence electrons. The predicted octanol–water partition coefficient (Wildman–Crippen LogP) is 5.05. The summed E-state index contributed by atoms with van der Waals surface area (Å²) >= 11 is 2.27. The summed E-state index contributed by atoms with van der Waals surface area (Å²) in [5, 5.41) is 13.5. The molecular formula is C17H12F4N4O2S2. The van der Waals surface area contributed by atoms with Crippen LogP contribution >= 0.6 is 23.1 Å². The summed E-state index contributed by atoms with van der Waals surface area (Å²) in [6.45, 7) is 0. The molecule has 29 heavy (non-hydrogen) atoms. The number of alkyl halides is 3. The first kappa shape index (κ1) is 20.9. The Hall–Kier alpha value is -2.86. The highest BCUT2D eigenvalue weighted by molar-refractivity contribution is 8.01. The van der Waals surface area contributed by atoms with Crippen molar-refractivity contribution in [3.8, 4) is 5.75 Å². The lowest BCUT2D eigenvalue weighted by atomic mass is 10.3. The minimum atomic E-state index is -4.77. The van der Waals surface area contributed by atoms with Gasteiger partial charge in [0.2, 0.25) is 11.0 Å². The minimum absolute atomic E-state index is 0.00906. The fourth-order valence-corrected chi connectivity index (χ4v) is 3.62. The molecule has 1 heterocycles. The standard InChI is InChI=1S/C17H12F4N4O2S2/c18-12-3-1-2-4-13(12)23-15-24-25-16(29-15)28-9-14(26)22-10-5-7-11(8-6-10)27-17(19,20)21/h1-8H,9H2,(H,22,26)(H,23,24). The van der Waals surface area contributed by atoms with Gasteiger partial charge in [-0.25, -0.2) is 4.39 Å². The van der Waals surface area contributed by atoms with E-state index in [-0.39, 0.29) is 23.1 Å². The van der Waals surface area contributed by atoms with E-state index in [1.807, 2.05) is 0 Å². The van der Waals surface area contributed by atoms with Crippen LogP contribution in [0.4, 0.5) is 34.1 Å². The number of aromatic nitrogens is 2. The van der Waals surface area contributed by atoms with Crippen molar-refractivity contribution in [3.05, 3.63) is 54.3 Å². The molecule has 0 fully saturated rings. The van der Waals surface area contributed by atoms with Crippen LogP contribution in [-0.4, -0.2) is 28.2 Å². The van der Waals surface area contributed by atoms with Crippen LogP contribution in [0.15, 0.2) is 52.9 Å². The predicted molar refractivity (Wildman–Crippen MR) is 102 cm³/mol. The molecular weight excluding hydrogens is 432 g/mol. The van der Waals surface area contributed by atoms with Gasteiger partial charge in [-0.05, 0) is 36.4 Å². The molecule has 0 saturated carbocycles. The number of benzene rings is 2. The van der Waals surface area contributed by atoms with Gasteiger partial charge in [-0.3, -0.25) is 4.79 Å². The van der Waals surface area contributed by atoms with Gasteiger partial charge >= 0.3 is 6.36 Å². The van der Waals surface area contributed by atoms with Crippen LogP contribution in [0.1, 0.15) is 0 Å². The summed E-state index contributed by atoms with van der Waals surface area (Å²) in [5.74, 6) is -1.18. The SMILES string of the molecule is O=C(CSc1nnc(Nc2ccccc2F)s1)Nc1ccc(OC(F)(F)F)cc1. The van der Waals surface area contributed by atoms with E-state index in [1.165, 1.54) is 18.2 Å². The Kier molecular flexibility index (Phi) is 6.54. The minimum Gasteiger partial charge on any atom is -0.406 e. The number of nitrogens with zero attached hydrogens (tertiary/aromatic N) is 2. The number of rotatable bonds is 7. The molecule has 0 bridgehead atoms. The molecule has 0 unspecified atom stereocenters. The Balaban J connectivity index is 1.48. The Morgan fingerprint density at radius 1 is 1.10 bits per heavy atom. The number of hydrogen-bond donors (Lipinski definition) is 2. The van der Waals surface area contributed by atoms with Crippen molar-refractivity contribution in [3.63, 3.8) is 0 Å². The number of para-hydroxylation sites is 1. The average Bonchev–Trinajstić information content (AvgIpc) is 3.10. The van der Waals surface area contributed by atoms with Gasteiger partial charge < -0.3 is 15.4 Å². The zero-order valence-corrected chi connectivity index (χ0v) is 16.0. The number of amides is 1.